The van der Waals surface area contributed by atoms with Gasteiger partial charge in [-0.25, -0.2) is 0 Å². The van der Waals surface area contributed by atoms with Gasteiger partial charge in [0.05, 0.1) is 17.3 Å². The van der Waals surface area contributed by atoms with Gasteiger partial charge >= 0.3 is 0 Å². The summed E-state index contributed by atoms with van der Waals surface area (Å²) in [5, 5.41) is 0. The molecule has 1 heterocycles. The maximum atomic E-state index is 12.7. The van der Waals surface area contributed by atoms with E-state index in [1.807, 2.05) is 52.0 Å². The molecule has 1 aromatic rings. The van der Waals surface area contributed by atoms with Crippen molar-refractivity contribution in [3.05, 3.63) is 29.8 Å². The molecule has 2 amide bonds. The third-order valence-electron chi connectivity index (χ3n) is 6.80. The Morgan fingerprint density at radius 3 is 2.19 bits per heavy atom. The highest BCUT2D eigenvalue weighted by molar-refractivity contribution is 6.59. The van der Waals surface area contributed by atoms with Crippen molar-refractivity contribution in [1.29, 1.82) is 0 Å². The van der Waals surface area contributed by atoms with Gasteiger partial charge in [0.2, 0.25) is 11.8 Å². The van der Waals surface area contributed by atoms with Crippen LogP contribution in [0.1, 0.15) is 59.9 Å². The average Bonchev–Trinajstić information content (AvgIpc) is 2.88. The van der Waals surface area contributed by atoms with Crippen molar-refractivity contribution in [2.24, 2.45) is 17.3 Å². The molecule has 2 rings (SSSR count). The minimum absolute atomic E-state index is 0.0968. The summed E-state index contributed by atoms with van der Waals surface area (Å²) in [6, 6.07) is 7.50. The molecule has 0 saturated carbocycles. The van der Waals surface area contributed by atoms with Crippen LogP contribution in [0, 0.1) is 17.3 Å². The monoisotopic (exact) mass is 355 g/mol. The Kier molecular flexibility index (Phi) is 5.50. The van der Waals surface area contributed by atoms with E-state index in [9.17, 15) is 14.4 Å². The SMILES string of the molecule is BC(=O)C(C)(C)C(C)(C)c1ccc(N2C(=O)CC(C(C)CC)C2=O)cc1. The summed E-state index contributed by atoms with van der Waals surface area (Å²) < 4.78 is 0. The number of hydrogen-bond donors (Lipinski definition) is 0. The van der Waals surface area contributed by atoms with E-state index in [1.54, 1.807) is 7.85 Å². The van der Waals surface area contributed by atoms with Crippen LogP contribution in [0.15, 0.2) is 24.3 Å². The third-order valence-corrected chi connectivity index (χ3v) is 6.80. The molecule has 1 aromatic carbocycles. The predicted molar refractivity (Wildman–Crippen MR) is 107 cm³/mol. The second-order valence-corrected chi connectivity index (χ2v) is 8.62. The van der Waals surface area contributed by atoms with Crippen molar-refractivity contribution < 1.29 is 14.4 Å². The smallest absolute Gasteiger partial charge is 0.237 e. The van der Waals surface area contributed by atoms with Crippen LogP contribution in [0.2, 0.25) is 0 Å². The first kappa shape index (κ1) is 20.4. The molecule has 2 unspecified atom stereocenters. The molecule has 140 valence electrons. The number of benzene rings is 1. The number of carbonyl (C=O) groups excluding carboxylic acids is 3. The molecule has 4 nitrogen and oxygen atoms in total. The number of imide groups is 1. The molecule has 1 aliphatic rings. The first-order chi connectivity index (χ1) is 11.9. The van der Waals surface area contributed by atoms with Gasteiger partial charge in [0.1, 0.15) is 0 Å². The van der Waals surface area contributed by atoms with Crippen molar-refractivity contribution in [1.82, 2.24) is 0 Å². The molecule has 5 heteroatoms. The second-order valence-electron chi connectivity index (χ2n) is 8.62. The van der Waals surface area contributed by atoms with Gasteiger partial charge in [-0.1, -0.05) is 60.1 Å². The molecule has 1 fully saturated rings. The highest BCUT2D eigenvalue weighted by atomic mass is 16.2. The van der Waals surface area contributed by atoms with Gasteiger partial charge in [-0.3, -0.25) is 14.5 Å². The number of carbonyl (C=O) groups is 3. The number of rotatable bonds is 6. The second kappa shape index (κ2) is 7.01. The fourth-order valence-corrected chi connectivity index (χ4v) is 3.48. The van der Waals surface area contributed by atoms with Crippen LogP contribution >= 0.6 is 0 Å². The average molecular weight is 355 g/mol. The molecule has 0 aromatic heterocycles. The molecular weight excluding hydrogens is 325 g/mol. The van der Waals surface area contributed by atoms with Gasteiger partial charge < -0.3 is 4.79 Å². The fourth-order valence-electron chi connectivity index (χ4n) is 3.48. The Bertz CT molecular complexity index is 721. The number of amides is 2. The number of nitrogens with zero attached hydrogens (tertiary/aromatic N) is 1. The lowest BCUT2D eigenvalue weighted by molar-refractivity contribution is -0.123. The molecule has 1 saturated heterocycles. The Labute approximate surface area is 157 Å². The quantitative estimate of drug-likeness (QED) is 0.582. The Balaban J connectivity index is 2.32. The predicted octanol–water partition coefficient (Wildman–Crippen LogP) is 3.08. The van der Waals surface area contributed by atoms with Gasteiger partial charge in [0.15, 0.2) is 7.85 Å². The van der Waals surface area contributed by atoms with E-state index in [0.29, 0.717) is 12.1 Å². The van der Waals surface area contributed by atoms with E-state index >= 15 is 0 Å². The molecule has 2 atom stereocenters. The van der Waals surface area contributed by atoms with E-state index in [1.165, 1.54) is 4.90 Å². The van der Waals surface area contributed by atoms with Crippen LogP contribution in [-0.4, -0.2) is 25.3 Å². The zero-order valence-corrected chi connectivity index (χ0v) is 17.1. The van der Waals surface area contributed by atoms with Gasteiger partial charge in [0.25, 0.3) is 0 Å². The lowest BCUT2D eigenvalue weighted by Gasteiger charge is -2.40. The molecule has 0 aliphatic carbocycles. The lowest BCUT2D eigenvalue weighted by atomic mass is 9.58. The third kappa shape index (κ3) is 3.24. The van der Waals surface area contributed by atoms with E-state index in [4.69, 9.17) is 0 Å². The standard InChI is InChI=1S/C21H30BNO3/c1-7-13(2)16-12-17(24)23(18(16)25)15-10-8-14(9-11-15)20(3,4)21(5,6)19(22)26/h8-11,13,16H,7,12,22H2,1-6H3. The summed E-state index contributed by atoms with van der Waals surface area (Å²) >= 11 is 0. The maximum Gasteiger partial charge on any atom is 0.237 e. The van der Waals surface area contributed by atoms with Crippen LogP contribution < -0.4 is 4.90 Å². The molecule has 0 N–H and O–H groups in total. The Morgan fingerprint density at radius 1 is 1.19 bits per heavy atom. The first-order valence-corrected chi connectivity index (χ1v) is 9.43. The molecule has 0 bridgehead atoms. The van der Waals surface area contributed by atoms with Crippen molar-refractivity contribution in [2.45, 2.75) is 59.8 Å². The summed E-state index contributed by atoms with van der Waals surface area (Å²) in [6.45, 7) is 12.1. The fraction of sp³-hybridized carbons (Fsp3) is 0.571. The highest BCUT2D eigenvalue weighted by Crippen LogP contribution is 2.42. The first-order valence-electron chi connectivity index (χ1n) is 9.43. The van der Waals surface area contributed by atoms with E-state index < -0.39 is 5.41 Å². The molecule has 0 radical (unpaired) electrons. The van der Waals surface area contributed by atoms with Crippen LogP contribution in [0.5, 0.6) is 0 Å². The summed E-state index contributed by atoms with van der Waals surface area (Å²) in [7, 11) is 1.62. The largest absolute Gasteiger partial charge is 0.311 e. The van der Waals surface area contributed by atoms with Gasteiger partial charge in [-0.15, -0.1) is 0 Å². The summed E-state index contributed by atoms with van der Waals surface area (Å²) in [4.78, 5) is 38.5. The van der Waals surface area contributed by atoms with Gasteiger partial charge in [-0.2, -0.15) is 0 Å². The van der Waals surface area contributed by atoms with Crippen LogP contribution in [0.4, 0.5) is 5.69 Å². The maximum absolute atomic E-state index is 12.7. The van der Waals surface area contributed by atoms with Crippen molar-refractivity contribution >= 4 is 31.0 Å². The summed E-state index contributed by atoms with van der Waals surface area (Å²) in [5.41, 5.74) is 0.878. The highest BCUT2D eigenvalue weighted by Gasteiger charge is 2.43. The van der Waals surface area contributed by atoms with Gasteiger partial charge in [0, 0.05) is 17.3 Å². The molecule has 1 aliphatic heterocycles. The Morgan fingerprint density at radius 2 is 1.73 bits per heavy atom. The Hall–Kier alpha value is -1.91. The van der Waals surface area contributed by atoms with E-state index in [2.05, 4.69) is 13.8 Å². The summed E-state index contributed by atoms with van der Waals surface area (Å²) in [5.74, 6) is -0.247. The molecule has 0 spiro atoms. The number of hydrogen-bond acceptors (Lipinski definition) is 3. The van der Waals surface area contributed by atoms with Gasteiger partial charge in [-0.05, 0) is 23.6 Å². The molecule has 26 heavy (non-hydrogen) atoms. The van der Waals surface area contributed by atoms with E-state index in [-0.39, 0.29) is 34.7 Å². The zero-order valence-electron chi connectivity index (χ0n) is 17.1. The number of anilines is 1. The normalized spacial score (nSPS) is 19.8. The van der Waals surface area contributed by atoms with Crippen LogP contribution in [-0.2, 0) is 19.8 Å². The van der Waals surface area contributed by atoms with Crippen molar-refractivity contribution in [3.63, 3.8) is 0 Å². The van der Waals surface area contributed by atoms with Crippen molar-refractivity contribution in [3.8, 4) is 0 Å². The minimum atomic E-state index is -0.518. The zero-order chi connectivity index (χ0) is 19.9. The van der Waals surface area contributed by atoms with Crippen molar-refractivity contribution in [2.75, 3.05) is 4.90 Å². The minimum Gasteiger partial charge on any atom is -0.311 e. The van der Waals surface area contributed by atoms with Crippen LogP contribution in [0.3, 0.4) is 0 Å². The topological polar surface area (TPSA) is 54.5 Å². The van der Waals surface area contributed by atoms with Crippen LogP contribution in [0.25, 0.3) is 0 Å². The summed E-state index contributed by atoms with van der Waals surface area (Å²) in [6.07, 6.45) is 1.17. The molecular formula is C21H30BNO3. The lowest BCUT2D eigenvalue weighted by Crippen LogP contribution is -2.43. The van der Waals surface area contributed by atoms with E-state index in [0.717, 1.165) is 12.0 Å².